The van der Waals surface area contributed by atoms with Crippen LogP contribution in [0.2, 0.25) is 5.02 Å². The summed E-state index contributed by atoms with van der Waals surface area (Å²) in [6.45, 7) is 9.56. The van der Waals surface area contributed by atoms with E-state index < -0.39 is 0 Å². The van der Waals surface area contributed by atoms with Gasteiger partial charge in [0, 0.05) is 10.6 Å². The number of aryl methyl sites for hydroxylation is 2. The van der Waals surface area contributed by atoms with E-state index in [9.17, 15) is 4.79 Å². The molecule has 122 valence electrons. The van der Waals surface area contributed by atoms with Crippen LogP contribution in [0.5, 0.6) is 5.75 Å². The molecule has 22 heavy (non-hydrogen) atoms. The van der Waals surface area contributed by atoms with Crippen LogP contribution in [-0.2, 0) is 4.79 Å². The first-order valence-electron chi connectivity index (χ1n) is 6.85. The number of amides is 1. The van der Waals surface area contributed by atoms with E-state index in [-0.39, 0.29) is 18.1 Å². The SMILES string of the molecule is Cc1cc(Cl)cc(C)c1OCC(=O)NNC(=S)NC(C)(C)C. The molecule has 0 atom stereocenters. The van der Waals surface area contributed by atoms with E-state index in [2.05, 4.69) is 16.2 Å². The Morgan fingerprint density at radius 1 is 1.23 bits per heavy atom. The lowest BCUT2D eigenvalue weighted by Crippen LogP contribution is -2.53. The number of hydrogen-bond acceptors (Lipinski definition) is 3. The molecule has 0 unspecified atom stereocenters. The maximum absolute atomic E-state index is 11.8. The van der Waals surface area contributed by atoms with Crippen LogP contribution in [0.3, 0.4) is 0 Å². The number of hydrazine groups is 1. The van der Waals surface area contributed by atoms with Gasteiger partial charge < -0.3 is 10.1 Å². The minimum Gasteiger partial charge on any atom is -0.483 e. The maximum atomic E-state index is 11.8. The molecular formula is C15H22ClN3O2S. The van der Waals surface area contributed by atoms with Gasteiger partial charge in [-0.1, -0.05) is 11.6 Å². The lowest BCUT2D eigenvalue weighted by atomic mass is 10.1. The minimum absolute atomic E-state index is 0.117. The molecule has 0 aliphatic heterocycles. The van der Waals surface area contributed by atoms with Crippen LogP contribution in [-0.4, -0.2) is 23.2 Å². The maximum Gasteiger partial charge on any atom is 0.276 e. The van der Waals surface area contributed by atoms with Crippen LogP contribution >= 0.6 is 23.8 Å². The van der Waals surface area contributed by atoms with Crippen LogP contribution in [0.4, 0.5) is 0 Å². The summed E-state index contributed by atoms with van der Waals surface area (Å²) < 4.78 is 5.54. The molecule has 3 N–H and O–H groups in total. The highest BCUT2D eigenvalue weighted by Gasteiger charge is 2.12. The lowest BCUT2D eigenvalue weighted by molar-refractivity contribution is -0.123. The van der Waals surface area contributed by atoms with Crippen LogP contribution in [0.15, 0.2) is 12.1 Å². The topological polar surface area (TPSA) is 62.4 Å². The Hall–Kier alpha value is -1.53. The molecule has 0 saturated heterocycles. The van der Waals surface area contributed by atoms with E-state index in [0.29, 0.717) is 15.9 Å². The highest BCUT2D eigenvalue weighted by molar-refractivity contribution is 7.80. The average molecular weight is 344 g/mol. The number of thiocarbonyl (C=S) groups is 1. The summed E-state index contributed by atoms with van der Waals surface area (Å²) in [5.41, 5.74) is 6.71. The molecule has 0 spiro atoms. The number of carbonyl (C=O) groups excluding carboxylic acids is 1. The molecule has 1 aromatic carbocycles. The number of ether oxygens (including phenoxy) is 1. The molecule has 0 aliphatic carbocycles. The molecule has 1 aromatic rings. The second-order valence-corrected chi connectivity index (χ2v) is 6.88. The van der Waals surface area contributed by atoms with Crippen molar-refractivity contribution in [3.05, 3.63) is 28.3 Å². The van der Waals surface area contributed by atoms with Crippen LogP contribution < -0.4 is 20.9 Å². The first-order valence-corrected chi connectivity index (χ1v) is 7.63. The Labute approximate surface area is 141 Å². The number of halogens is 1. The van der Waals surface area contributed by atoms with Crippen molar-refractivity contribution in [2.45, 2.75) is 40.2 Å². The summed E-state index contributed by atoms with van der Waals surface area (Å²) >= 11 is 11.0. The van der Waals surface area contributed by atoms with E-state index in [0.717, 1.165) is 11.1 Å². The summed E-state index contributed by atoms with van der Waals surface area (Å²) in [6.07, 6.45) is 0. The van der Waals surface area contributed by atoms with Gasteiger partial charge in [0.15, 0.2) is 11.7 Å². The van der Waals surface area contributed by atoms with Crippen LogP contribution in [0.1, 0.15) is 31.9 Å². The number of carbonyl (C=O) groups is 1. The van der Waals surface area contributed by atoms with Gasteiger partial charge in [-0.05, 0) is 70.1 Å². The third-order valence-electron chi connectivity index (χ3n) is 2.58. The van der Waals surface area contributed by atoms with Gasteiger partial charge in [0.25, 0.3) is 5.91 Å². The van der Waals surface area contributed by atoms with Crippen molar-refractivity contribution in [3.8, 4) is 5.75 Å². The van der Waals surface area contributed by atoms with Gasteiger partial charge in [-0.15, -0.1) is 0 Å². The Morgan fingerprint density at radius 3 is 2.27 bits per heavy atom. The van der Waals surface area contributed by atoms with Crippen molar-refractivity contribution in [2.75, 3.05) is 6.61 Å². The second-order valence-electron chi connectivity index (χ2n) is 6.03. The third kappa shape index (κ3) is 6.49. The molecule has 0 radical (unpaired) electrons. The molecule has 0 aromatic heterocycles. The highest BCUT2D eigenvalue weighted by Crippen LogP contribution is 2.26. The van der Waals surface area contributed by atoms with Crippen molar-refractivity contribution in [1.82, 2.24) is 16.2 Å². The zero-order valence-electron chi connectivity index (χ0n) is 13.5. The monoisotopic (exact) mass is 343 g/mol. The molecule has 1 amide bonds. The third-order valence-corrected chi connectivity index (χ3v) is 3.00. The fourth-order valence-corrected chi connectivity index (χ4v) is 2.48. The molecule has 0 bridgehead atoms. The lowest BCUT2D eigenvalue weighted by Gasteiger charge is -2.23. The number of rotatable bonds is 3. The molecule has 0 aliphatic rings. The molecule has 7 heteroatoms. The molecule has 0 saturated carbocycles. The van der Waals surface area contributed by atoms with E-state index in [1.54, 1.807) is 12.1 Å². The molecular weight excluding hydrogens is 322 g/mol. The van der Waals surface area contributed by atoms with Gasteiger partial charge >= 0.3 is 0 Å². The summed E-state index contributed by atoms with van der Waals surface area (Å²) in [5, 5.41) is 4.02. The number of nitrogens with one attached hydrogen (secondary N) is 3. The van der Waals surface area contributed by atoms with Gasteiger partial charge in [0.05, 0.1) is 0 Å². The van der Waals surface area contributed by atoms with Gasteiger partial charge in [-0.3, -0.25) is 15.6 Å². The van der Waals surface area contributed by atoms with Gasteiger partial charge in [-0.25, -0.2) is 0 Å². The Bertz CT molecular complexity index is 547. The molecule has 0 fully saturated rings. The number of benzene rings is 1. The highest BCUT2D eigenvalue weighted by atomic mass is 35.5. The quantitative estimate of drug-likeness (QED) is 0.581. The fourth-order valence-electron chi connectivity index (χ4n) is 1.80. The summed E-state index contributed by atoms with van der Waals surface area (Å²) in [5.74, 6) is 0.335. The van der Waals surface area contributed by atoms with Gasteiger partial charge in [-0.2, -0.15) is 0 Å². The van der Waals surface area contributed by atoms with E-state index in [1.807, 2.05) is 34.6 Å². The molecule has 0 heterocycles. The van der Waals surface area contributed by atoms with Crippen molar-refractivity contribution < 1.29 is 9.53 Å². The molecule has 1 rings (SSSR count). The average Bonchev–Trinajstić information content (AvgIpc) is 2.32. The van der Waals surface area contributed by atoms with Crippen molar-refractivity contribution >= 4 is 34.8 Å². The van der Waals surface area contributed by atoms with E-state index in [1.165, 1.54) is 0 Å². The standard InChI is InChI=1S/C15H22ClN3O2S/c1-9-6-11(16)7-10(2)13(9)21-8-12(20)18-19-14(22)17-15(3,4)5/h6-7H,8H2,1-5H3,(H,18,20)(H2,17,19,22). The Kier molecular flexibility index (Phi) is 6.44. The van der Waals surface area contributed by atoms with Crippen LogP contribution in [0.25, 0.3) is 0 Å². The summed E-state index contributed by atoms with van der Waals surface area (Å²) in [7, 11) is 0. The molecule has 5 nitrogen and oxygen atoms in total. The second kappa shape index (κ2) is 7.65. The van der Waals surface area contributed by atoms with Crippen molar-refractivity contribution in [1.29, 1.82) is 0 Å². The largest absolute Gasteiger partial charge is 0.483 e. The zero-order chi connectivity index (χ0) is 16.9. The van der Waals surface area contributed by atoms with Crippen LogP contribution in [0, 0.1) is 13.8 Å². The van der Waals surface area contributed by atoms with E-state index >= 15 is 0 Å². The van der Waals surface area contributed by atoms with E-state index in [4.69, 9.17) is 28.6 Å². The first-order chi connectivity index (χ1) is 10.1. The van der Waals surface area contributed by atoms with Gasteiger partial charge in [0.2, 0.25) is 0 Å². The van der Waals surface area contributed by atoms with Gasteiger partial charge in [0.1, 0.15) is 5.75 Å². The minimum atomic E-state index is -0.327. The summed E-state index contributed by atoms with van der Waals surface area (Å²) in [6, 6.07) is 3.59. The first kappa shape index (κ1) is 18.5. The summed E-state index contributed by atoms with van der Waals surface area (Å²) in [4.78, 5) is 11.8. The van der Waals surface area contributed by atoms with Crippen molar-refractivity contribution in [3.63, 3.8) is 0 Å². The Balaban J connectivity index is 2.46. The predicted molar refractivity (Wildman–Crippen MR) is 93.2 cm³/mol. The predicted octanol–water partition coefficient (Wildman–Crippen LogP) is 2.63. The zero-order valence-corrected chi connectivity index (χ0v) is 15.0. The normalized spacial score (nSPS) is 10.8. The number of hydrogen-bond donors (Lipinski definition) is 3. The Morgan fingerprint density at radius 2 is 1.77 bits per heavy atom. The fraction of sp³-hybridized carbons (Fsp3) is 0.467. The van der Waals surface area contributed by atoms with Crippen molar-refractivity contribution in [2.24, 2.45) is 0 Å². The smallest absolute Gasteiger partial charge is 0.276 e.